The first-order valence-electron chi connectivity index (χ1n) is 7.87. The summed E-state index contributed by atoms with van der Waals surface area (Å²) in [5.41, 5.74) is 8.18. The number of furan rings is 1. The number of aromatic hydroxyl groups is 1. The quantitative estimate of drug-likeness (QED) is 0.696. The molecule has 3 aromatic rings. The Morgan fingerprint density at radius 1 is 1.20 bits per heavy atom. The first-order chi connectivity index (χ1) is 12.0. The van der Waals surface area contributed by atoms with Crippen molar-refractivity contribution in [2.24, 2.45) is 0 Å². The molecule has 0 unspecified atom stereocenters. The van der Waals surface area contributed by atoms with E-state index in [1.54, 1.807) is 12.1 Å². The molecule has 25 heavy (non-hydrogen) atoms. The Balaban J connectivity index is 1.85. The predicted molar refractivity (Wildman–Crippen MR) is 89.4 cm³/mol. The zero-order chi connectivity index (χ0) is 17.7. The number of phenols is 1. The molecule has 2 aromatic carbocycles. The topological polar surface area (TPSA) is 93.5 Å². The number of fused-ring (bicyclic) bond motifs is 2. The van der Waals surface area contributed by atoms with Crippen LogP contribution in [0.5, 0.6) is 5.75 Å². The molecule has 1 aliphatic rings. The standard InChI is InChI=1S/C19H14FNO4/c20-13-5-4-10(6-15(13)23)18(24)19-17(21)12-8-11-9(7-16(12)25-19)2-1-3-14(11)22/h4-8,23H,1-3,21H2. The molecular weight excluding hydrogens is 325 g/mol. The van der Waals surface area contributed by atoms with Crippen LogP contribution in [0.2, 0.25) is 0 Å². The third kappa shape index (κ3) is 2.38. The van der Waals surface area contributed by atoms with E-state index in [2.05, 4.69) is 0 Å². The summed E-state index contributed by atoms with van der Waals surface area (Å²) < 4.78 is 18.8. The van der Waals surface area contributed by atoms with E-state index < -0.39 is 17.3 Å². The lowest BCUT2D eigenvalue weighted by Gasteiger charge is -2.13. The number of ketones is 2. The van der Waals surface area contributed by atoms with E-state index in [1.165, 1.54) is 6.07 Å². The summed E-state index contributed by atoms with van der Waals surface area (Å²) in [7, 11) is 0. The molecule has 4 rings (SSSR count). The monoisotopic (exact) mass is 339 g/mol. The van der Waals surface area contributed by atoms with E-state index in [9.17, 15) is 19.1 Å². The van der Waals surface area contributed by atoms with E-state index in [-0.39, 0.29) is 22.8 Å². The highest BCUT2D eigenvalue weighted by molar-refractivity contribution is 6.15. The Bertz CT molecular complexity index is 1050. The van der Waals surface area contributed by atoms with Crippen LogP contribution in [-0.4, -0.2) is 16.7 Å². The number of nitrogen functional groups attached to an aromatic ring is 1. The smallest absolute Gasteiger partial charge is 0.230 e. The molecule has 0 aliphatic heterocycles. The maximum Gasteiger partial charge on any atom is 0.230 e. The van der Waals surface area contributed by atoms with Gasteiger partial charge in [0, 0.05) is 22.9 Å². The molecule has 126 valence electrons. The van der Waals surface area contributed by atoms with Gasteiger partial charge < -0.3 is 15.3 Å². The summed E-state index contributed by atoms with van der Waals surface area (Å²) >= 11 is 0. The number of benzene rings is 2. The zero-order valence-corrected chi connectivity index (χ0v) is 13.1. The molecular formula is C19H14FNO4. The molecule has 0 spiro atoms. The van der Waals surface area contributed by atoms with Gasteiger partial charge in [-0.1, -0.05) is 0 Å². The second-order valence-electron chi connectivity index (χ2n) is 6.12. The second kappa shape index (κ2) is 5.44. The molecule has 0 atom stereocenters. The number of carbonyl (C=O) groups excluding carboxylic acids is 2. The number of aryl methyl sites for hydroxylation is 1. The first kappa shape index (κ1) is 15.4. The minimum absolute atomic E-state index is 0.0556. The number of nitrogens with two attached hydrogens (primary N) is 1. The minimum Gasteiger partial charge on any atom is -0.505 e. The lowest BCUT2D eigenvalue weighted by atomic mass is 9.89. The summed E-state index contributed by atoms with van der Waals surface area (Å²) in [6.45, 7) is 0. The fraction of sp³-hybridized carbons (Fsp3) is 0.158. The molecule has 0 saturated carbocycles. The molecule has 5 nitrogen and oxygen atoms in total. The summed E-state index contributed by atoms with van der Waals surface area (Å²) in [6, 6.07) is 6.69. The third-order valence-corrected chi connectivity index (χ3v) is 4.52. The molecule has 3 N–H and O–H groups in total. The molecule has 0 radical (unpaired) electrons. The highest BCUT2D eigenvalue weighted by Gasteiger charge is 2.24. The Morgan fingerprint density at radius 3 is 2.76 bits per heavy atom. The zero-order valence-electron chi connectivity index (χ0n) is 13.1. The van der Waals surface area contributed by atoms with Gasteiger partial charge in [0.1, 0.15) is 5.58 Å². The van der Waals surface area contributed by atoms with Crippen LogP contribution in [0, 0.1) is 5.82 Å². The van der Waals surface area contributed by atoms with E-state index in [0.29, 0.717) is 23.0 Å². The van der Waals surface area contributed by atoms with Gasteiger partial charge in [0.25, 0.3) is 0 Å². The average Bonchev–Trinajstić information content (AvgIpc) is 2.92. The van der Waals surface area contributed by atoms with Crippen molar-refractivity contribution in [2.75, 3.05) is 5.73 Å². The van der Waals surface area contributed by atoms with Gasteiger partial charge in [0.15, 0.2) is 23.1 Å². The second-order valence-corrected chi connectivity index (χ2v) is 6.12. The van der Waals surface area contributed by atoms with Crippen molar-refractivity contribution in [1.82, 2.24) is 0 Å². The Labute approximate surface area is 141 Å². The molecule has 1 aliphatic carbocycles. The summed E-state index contributed by atoms with van der Waals surface area (Å²) in [5, 5.41) is 9.95. The highest BCUT2D eigenvalue weighted by Crippen LogP contribution is 2.35. The number of Topliss-reactive ketones (excluding diaryl/α,β-unsaturated/α-hetero) is 1. The Hall–Kier alpha value is -3.15. The van der Waals surface area contributed by atoms with E-state index in [0.717, 1.165) is 30.5 Å². The fourth-order valence-corrected chi connectivity index (χ4v) is 3.20. The van der Waals surface area contributed by atoms with Gasteiger partial charge in [-0.2, -0.15) is 0 Å². The summed E-state index contributed by atoms with van der Waals surface area (Å²) in [5.74, 6) is -2.04. The predicted octanol–water partition coefficient (Wildman–Crippen LogP) is 3.61. The van der Waals surface area contributed by atoms with Crippen molar-refractivity contribution < 1.29 is 23.5 Å². The number of phenolic OH excluding ortho intramolecular Hbond substituents is 1. The maximum atomic E-state index is 13.2. The number of rotatable bonds is 2. The van der Waals surface area contributed by atoms with Crippen LogP contribution in [0.1, 0.15) is 44.9 Å². The van der Waals surface area contributed by atoms with Crippen molar-refractivity contribution in [2.45, 2.75) is 19.3 Å². The van der Waals surface area contributed by atoms with Crippen LogP contribution in [0.15, 0.2) is 34.7 Å². The molecule has 0 bridgehead atoms. The molecule has 1 heterocycles. The van der Waals surface area contributed by atoms with Gasteiger partial charge in [0.05, 0.1) is 5.69 Å². The van der Waals surface area contributed by atoms with Crippen molar-refractivity contribution in [1.29, 1.82) is 0 Å². The van der Waals surface area contributed by atoms with Gasteiger partial charge in [-0.25, -0.2) is 4.39 Å². The van der Waals surface area contributed by atoms with E-state index in [4.69, 9.17) is 10.2 Å². The van der Waals surface area contributed by atoms with Crippen LogP contribution >= 0.6 is 0 Å². The Morgan fingerprint density at radius 2 is 2.00 bits per heavy atom. The molecule has 6 heteroatoms. The number of hydrogen-bond acceptors (Lipinski definition) is 5. The van der Waals surface area contributed by atoms with Crippen molar-refractivity contribution in [3.05, 3.63) is 58.6 Å². The number of halogens is 1. The lowest BCUT2D eigenvalue weighted by Crippen LogP contribution is -2.10. The average molecular weight is 339 g/mol. The van der Waals surface area contributed by atoms with Crippen molar-refractivity contribution >= 4 is 28.2 Å². The van der Waals surface area contributed by atoms with E-state index >= 15 is 0 Å². The van der Waals surface area contributed by atoms with Crippen molar-refractivity contribution in [3.63, 3.8) is 0 Å². The summed E-state index contributed by atoms with van der Waals surface area (Å²) in [4.78, 5) is 24.7. The molecule has 0 amide bonds. The van der Waals surface area contributed by atoms with Gasteiger partial charge in [-0.3, -0.25) is 9.59 Å². The lowest BCUT2D eigenvalue weighted by molar-refractivity contribution is 0.0971. The third-order valence-electron chi connectivity index (χ3n) is 4.52. The largest absolute Gasteiger partial charge is 0.505 e. The SMILES string of the molecule is Nc1c(C(=O)c2ccc(F)c(O)c2)oc2cc3c(cc12)C(=O)CCC3. The van der Waals surface area contributed by atoms with Crippen LogP contribution in [-0.2, 0) is 6.42 Å². The molecule has 1 aromatic heterocycles. The van der Waals surface area contributed by atoms with Crippen molar-refractivity contribution in [3.8, 4) is 5.75 Å². The first-order valence-corrected chi connectivity index (χ1v) is 7.87. The van der Waals surface area contributed by atoms with E-state index in [1.807, 2.05) is 0 Å². The Kier molecular flexibility index (Phi) is 3.35. The summed E-state index contributed by atoms with van der Waals surface area (Å²) in [6.07, 6.45) is 2.05. The van der Waals surface area contributed by atoms with Crippen LogP contribution in [0.25, 0.3) is 11.0 Å². The van der Waals surface area contributed by atoms with Gasteiger partial charge in [-0.05, 0) is 48.7 Å². The van der Waals surface area contributed by atoms with Crippen LogP contribution < -0.4 is 5.73 Å². The number of carbonyl (C=O) groups is 2. The number of anilines is 1. The fourth-order valence-electron chi connectivity index (χ4n) is 3.20. The van der Waals surface area contributed by atoms with Crippen LogP contribution in [0.4, 0.5) is 10.1 Å². The maximum absolute atomic E-state index is 13.2. The van der Waals surface area contributed by atoms with Gasteiger partial charge in [-0.15, -0.1) is 0 Å². The number of hydrogen-bond donors (Lipinski definition) is 2. The van der Waals surface area contributed by atoms with Gasteiger partial charge >= 0.3 is 0 Å². The minimum atomic E-state index is -0.819. The normalized spacial score (nSPS) is 13.9. The highest BCUT2D eigenvalue weighted by atomic mass is 19.1. The molecule has 0 fully saturated rings. The van der Waals surface area contributed by atoms with Gasteiger partial charge in [0.2, 0.25) is 5.78 Å². The van der Waals surface area contributed by atoms with Crippen LogP contribution in [0.3, 0.4) is 0 Å². The molecule has 0 saturated heterocycles.